The van der Waals surface area contributed by atoms with Gasteiger partial charge < -0.3 is 15.2 Å². The third-order valence-corrected chi connectivity index (χ3v) is 2.28. The average molecular weight is 247 g/mol. The van der Waals surface area contributed by atoms with Crippen molar-refractivity contribution in [3.63, 3.8) is 0 Å². The fourth-order valence-corrected chi connectivity index (χ4v) is 1.39. The molecule has 1 aromatic carbocycles. The van der Waals surface area contributed by atoms with E-state index < -0.39 is 0 Å². The summed E-state index contributed by atoms with van der Waals surface area (Å²) in [6, 6.07) is 8.00. The molecule has 0 spiro atoms. The molecule has 1 aromatic rings. The minimum absolute atomic E-state index is 0.391. The normalized spacial score (nSPS) is 9.89. The number of nitrogens with two attached hydrogens (primary N) is 1. The third-order valence-electron chi connectivity index (χ3n) is 2.28. The third kappa shape index (κ3) is 6.41. The van der Waals surface area contributed by atoms with Crippen LogP contribution in [-0.2, 0) is 16.1 Å². The Kier molecular flexibility index (Phi) is 7.90. The van der Waals surface area contributed by atoms with Gasteiger partial charge in [0.15, 0.2) is 0 Å². The summed E-state index contributed by atoms with van der Waals surface area (Å²) in [5, 5.41) is 0. The van der Waals surface area contributed by atoms with Gasteiger partial charge in [0.25, 0.3) is 0 Å². The number of rotatable bonds is 7. The fraction of sp³-hybridized carbons (Fsp3) is 0.467. The first-order valence-corrected chi connectivity index (χ1v) is 6.30. The maximum atomic E-state index is 5.51. The van der Waals surface area contributed by atoms with Gasteiger partial charge in [0.2, 0.25) is 0 Å². The van der Waals surface area contributed by atoms with Crippen molar-refractivity contribution in [2.45, 2.75) is 20.0 Å². The molecule has 0 radical (unpaired) electrons. The molecule has 0 aliphatic carbocycles. The molecule has 0 heterocycles. The van der Waals surface area contributed by atoms with Crippen molar-refractivity contribution in [2.24, 2.45) is 5.73 Å². The lowest BCUT2D eigenvalue weighted by Gasteiger charge is -2.05. The summed E-state index contributed by atoms with van der Waals surface area (Å²) in [7, 11) is 0. The van der Waals surface area contributed by atoms with E-state index in [1.165, 1.54) is 0 Å². The van der Waals surface area contributed by atoms with Gasteiger partial charge in [0.05, 0.1) is 26.4 Å². The van der Waals surface area contributed by atoms with Crippen LogP contribution in [0.1, 0.15) is 24.5 Å². The lowest BCUT2D eigenvalue weighted by Crippen LogP contribution is -2.04. The minimum Gasteiger partial charge on any atom is -0.379 e. The molecule has 0 bridgehead atoms. The second kappa shape index (κ2) is 9.67. The molecule has 0 unspecified atom stereocenters. The summed E-state index contributed by atoms with van der Waals surface area (Å²) in [5.41, 5.74) is 7.44. The Morgan fingerprint density at radius 2 is 1.78 bits per heavy atom. The van der Waals surface area contributed by atoms with Crippen LogP contribution in [0.4, 0.5) is 0 Å². The highest BCUT2D eigenvalue weighted by atomic mass is 16.5. The second-order valence-corrected chi connectivity index (χ2v) is 3.87. The monoisotopic (exact) mass is 247 g/mol. The first-order chi connectivity index (χ1) is 8.86. The highest BCUT2D eigenvalue weighted by Gasteiger charge is 1.94. The van der Waals surface area contributed by atoms with Gasteiger partial charge in [0, 0.05) is 12.2 Å². The van der Waals surface area contributed by atoms with Crippen LogP contribution in [0.5, 0.6) is 0 Å². The molecule has 2 N–H and O–H groups in total. The van der Waals surface area contributed by atoms with Crippen LogP contribution in [0.3, 0.4) is 0 Å². The molecule has 18 heavy (non-hydrogen) atoms. The SMILES string of the molecule is CCCOCCOCc1ccc(C#CCN)cc1. The van der Waals surface area contributed by atoms with Gasteiger partial charge >= 0.3 is 0 Å². The number of hydrogen-bond donors (Lipinski definition) is 1. The molecule has 0 aliphatic rings. The molecular formula is C15H21NO2. The number of hydrogen-bond acceptors (Lipinski definition) is 3. The Balaban J connectivity index is 2.22. The summed E-state index contributed by atoms with van der Waals surface area (Å²) in [6.45, 7) is 5.19. The summed E-state index contributed by atoms with van der Waals surface area (Å²) < 4.78 is 10.8. The zero-order valence-electron chi connectivity index (χ0n) is 10.9. The highest BCUT2D eigenvalue weighted by molar-refractivity contribution is 5.36. The van der Waals surface area contributed by atoms with Crippen LogP contribution < -0.4 is 5.73 Å². The molecular weight excluding hydrogens is 226 g/mol. The van der Waals surface area contributed by atoms with E-state index in [-0.39, 0.29) is 0 Å². The fourth-order valence-electron chi connectivity index (χ4n) is 1.39. The molecule has 0 amide bonds. The van der Waals surface area contributed by atoms with Crippen molar-refractivity contribution in [2.75, 3.05) is 26.4 Å². The van der Waals surface area contributed by atoms with Gasteiger partial charge in [-0.25, -0.2) is 0 Å². The Hall–Kier alpha value is -1.34. The molecule has 0 aliphatic heterocycles. The topological polar surface area (TPSA) is 44.5 Å². The zero-order chi connectivity index (χ0) is 13.1. The Morgan fingerprint density at radius 3 is 2.44 bits per heavy atom. The Morgan fingerprint density at radius 1 is 1.06 bits per heavy atom. The van der Waals surface area contributed by atoms with E-state index in [9.17, 15) is 0 Å². The lowest BCUT2D eigenvalue weighted by molar-refractivity contribution is 0.0408. The molecule has 3 nitrogen and oxygen atoms in total. The van der Waals surface area contributed by atoms with Crippen LogP contribution in [0.2, 0.25) is 0 Å². The summed E-state index contributed by atoms with van der Waals surface area (Å²) in [6.07, 6.45) is 1.05. The van der Waals surface area contributed by atoms with E-state index in [2.05, 4.69) is 18.8 Å². The van der Waals surface area contributed by atoms with Crippen molar-refractivity contribution in [3.8, 4) is 11.8 Å². The Bertz CT molecular complexity index is 376. The highest BCUT2D eigenvalue weighted by Crippen LogP contribution is 2.04. The zero-order valence-corrected chi connectivity index (χ0v) is 10.9. The van der Waals surface area contributed by atoms with Crippen molar-refractivity contribution in [1.82, 2.24) is 0 Å². The maximum Gasteiger partial charge on any atom is 0.0718 e. The van der Waals surface area contributed by atoms with Crippen LogP contribution >= 0.6 is 0 Å². The standard InChI is InChI=1S/C15H21NO2/c1-2-10-17-11-12-18-13-15-7-5-14(6-8-15)4-3-9-16/h5-8H,2,9-13,16H2,1H3. The first kappa shape index (κ1) is 14.7. The van der Waals surface area contributed by atoms with Crippen molar-refractivity contribution in [3.05, 3.63) is 35.4 Å². The molecule has 0 saturated heterocycles. The molecule has 0 fully saturated rings. The predicted molar refractivity (Wildman–Crippen MR) is 73.1 cm³/mol. The summed E-state index contributed by atoms with van der Waals surface area (Å²) in [5.74, 6) is 5.81. The quantitative estimate of drug-likeness (QED) is 0.591. The number of ether oxygens (including phenoxy) is 2. The van der Waals surface area contributed by atoms with Crippen LogP contribution in [0.15, 0.2) is 24.3 Å². The molecule has 0 saturated carbocycles. The van der Waals surface area contributed by atoms with Crippen molar-refractivity contribution in [1.29, 1.82) is 0 Å². The van der Waals surface area contributed by atoms with Crippen molar-refractivity contribution < 1.29 is 9.47 Å². The van der Waals surface area contributed by atoms with Gasteiger partial charge in [0.1, 0.15) is 0 Å². The molecule has 0 atom stereocenters. The minimum atomic E-state index is 0.391. The van der Waals surface area contributed by atoms with Gasteiger partial charge in [-0.3, -0.25) is 0 Å². The van der Waals surface area contributed by atoms with Gasteiger partial charge in [-0.2, -0.15) is 0 Å². The Labute approximate surface area is 109 Å². The largest absolute Gasteiger partial charge is 0.379 e. The molecule has 1 rings (SSSR count). The van der Waals surface area contributed by atoms with Crippen LogP contribution in [0, 0.1) is 11.8 Å². The first-order valence-electron chi connectivity index (χ1n) is 6.30. The van der Waals surface area contributed by atoms with Gasteiger partial charge in [-0.15, -0.1) is 0 Å². The smallest absolute Gasteiger partial charge is 0.0718 e. The summed E-state index contributed by atoms with van der Waals surface area (Å²) in [4.78, 5) is 0. The van der Waals surface area contributed by atoms with E-state index in [0.29, 0.717) is 26.4 Å². The second-order valence-electron chi connectivity index (χ2n) is 3.87. The predicted octanol–water partition coefficient (Wildman–Crippen LogP) is 1.94. The van der Waals surface area contributed by atoms with Crippen molar-refractivity contribution >= 4 is 0 Å². The van der Waals surface area contributed by atoms with Crippen LogP contribution in [-0.4, -0.2) is 26.4 Å². The van der Waals surface area contributed by atoms with E-state index in [4.69, 9.17) is 15.2 Å². The number of benzene rings is 1. The van der Waals surface area contributed by atoms with E-state index >= 15 is 0 Å². The maximum absolute atomic E-state index is 5.51. The molecule has 98 valence electrons. The van der Waals surface area contributed by atoms with E-state index in [0.717, 1.165) is 24.2 Å². The van der Waals surface area contributed by atoms with E-state index in [1.54, 1.807) is 0 Å². The van der Waals surface area contributed by atoms with Gasteiger partial charge in [-0.1, -0.05) is 30.9 Å². The summed E-state index contributed by atoms with van der Waals surface area (Å²) >= 11 is 0. The average Bonchev–Trinajstić information content (AvgIpc) is 2.42. The lowest BCUT2D eigenvalue weighted by atomic mass is 10.1. The van der Waals surface area contributed by atoms with Gasteiger partial charge in [-0.05, 0) is 24.1 Å². The van der Waals surface area contributed by atoms with Crippen LogP contribution in [0.25, 0.3) is 0 Å². The van der Waals surface area contributed by atoms with E-state index in [1.807, 2.05) is 24.3 Å². The molecule has 0 aromatic heterocycles. The molecule has 3 heteroatoms.